The molecule has 0 saturated carbocycles. The summed E-state index contributed by atoms with van der Waals surface area (Å²) in [7, 11) is -3.45. The molecule has 0 spiro atoms. The molecule has 2 atom stereocenters. The van der Waals surface area contributed by atoms with Crippen LogP contribution in [0.3, 0.4) is 0 Å². The Balaban J connectivity index is 2.39. The molecule has 5 heteroatoms. The molecule has 1 heterocycles. The lowest BCUT2D eigenvalue weighted by Gasteiger charge is -2.38. The van der Waals surface area contributed by atoms with Gasteiger partial charge >= 0.3 is 0 Å². The highest BCUT2D eigenvalue weighted by Gasteiger charge is 2.36. The highest BCUT2D eigenvalue weighted by atomic mass is 32.2. The van der Waals surface area contributed by atoms with Gasteiger partial charge in [-0.25, -0.2) is 8.42 Å². The first-order valence-corrected chi connectivity index (χ1v) is 9.29. The molecule has 0 radical (unpaired) electrons. The van der Waals surface area contributed by atoms with Crippen LogP contribution < -0.4 is 5.32 Å². The molecule has 2 rings (SSSR count). The third kappa shape index (κ3) is 3.40. The molecular formula is C16H26N2O2S. The van der Waals surface area contributed by atoms with Crippen LogP contribution in [0.1, 0.15) is 46.5 Å². The van der Waals surface area contributed by atoms with Gasteiger partial charge in [0.05, 0.1) is 5.69 Å². The number of rotatable bonds is 5. The number of hydrogen-bond donors (Lipinski definition) is 1. The summed E-state index contributed by atoms with van der Waals surface area (Å²) in [5, 5.41) is 3.23. The summed E-state index contributed by atoms with van der Waals surface area (Å²) in [4.78, 5) is 0.402. The zero-order valence-corrected chi connectivity index (χ0v) is 14.0. The minimum absolute atomic E-state index is 0.0676. The van der Waals surface area contributed by atoms with Crippen molar-refractivity contribution in [3.8, 4) is 0 Å². The number of nitrogens with one attached hydrogen (secondary N) is 1. The number of piperidine rings is 1. The van der Waals surface area contributed by atoms with Crippen molar-refractivity contribution in [2.75, 3.05) is 11.9 Å². The van der Waals surface area contributed by atoms with Crippen molar-refractivity contribution in [3.05, 3.63) is 24.3 Å². The highest BCUT2D eigenvalue weighted by Crippen LogP contribution is 2.32. The van der Waals surface area contributed by atoms with Gasteiger partial charge in [-0.15, -0.1) is 0 Å². The van der Waals surface area contributed by atoms with Gasteiger partial charge in [-0.3, -0.25) is 0 Å². The third-order valence-electron chi connectivity index (χ3n) is 4.12. The van der Waals surface area contributed by atoms with Crippen LogP contribution in [0.25, 0.3) is 0 Å². The minimum atomic E-state index is -3.45. The maximum atomic E-state index is 13.1. The van der Waals surface area contributed by atoms with Gasteiger partial charge in [0.1, 0.15) is 4.90 Å². The van der Waals surface area contributed by atoms with Gasteiger partial charge in [0, 0.05) is 18.6 Å². The fourth-order valence-corrected chi connectivity index (χ4v) is 5.14. The molecule has 1 aliphatic heterocycles. The number of para-hydroxylation sites is 1. The molecule has 1 N–H and O–H groups in total. The van der Waals surface area contributed by atoms with Crippen molar-refractivity contribution >= 4 is 15.7 Å². The Bertz CT molecular complexity index is 561. The Morgan fingerprint density at radius 3 is 2.43 bits per heavy atom. The summed E-state index contributed by atoms with van der Waals surface area (Å²) in [6.07, 6.45) is 3.94. The second kappa shape index (κ2) is 6.79. The normalized spacial score (nSPS) is 24.0. The van der Waals surface area contributed by atoms with E-state index in [4.69, 9.17) is 0 Å². The Hall–Kier alpha value is -1.07. The lowest BCUT2D eigenvalue weighted by molar-refractivity contribution is 0.204. The molecule has 0 bridgehead atoms. The van der Waals surface area contributed by atoms with Gasteiger partial charge in [0.25, 0.3) is 0 Å². The van der Waals surface area contributed by atoms with Crippen LogP contribution in [0.15, 0.2) is 29.2 Å². The molecule has 1 aromatic rings. The van der Waals surface area contributed by atoms with E-state index in [1.807, 2.05) is 26.0 Å². The quantitative estimate of drug-likeness (QED) is 0.906. The summed E-state index contributed by atoms with van der Waals surface area (Å²) in [6, 6.07) is 7.36. The molecule has 21 heavy (non-hydrogen) atoms. The molecule has 1 aromatic carbocycles. The molecule has 1 fully saturated rings. The lowest BCUT2D eigenvalue weighted by Crippen LogP contribution is -2.47. The number of benzene rings is 1. The molecule has 0 amide bonds. The maximum Gasteiger partial charge on any atom is 0.245 e. The van der Waals surface area contributed by atoms with E-state index >= 15 is 0 Å². The third-order valence-corrected chi connectivity index (χ3v) is 6.31. The van der Waals surface area contributed by atoms with Crippen LogP contribution in [0, 0.1) is 0 Å². The number of sulfonamides is 1. The zero-order chi connectivity index (χ0) is 15.5. The molecular weight excluding hydrogens is 284 g/mol. The largest absolute Gasteiger partial charge is 0.384 e. The molecule has 2 unspecified atom stereocenters. The highest BCUT2D eigenvalue weighted by molar-refractivity contribution is 7.89. The fraction of sp³-hybridized carbons (Fsp3) is 0.625. The Kier molecular flexibility index (Phi) is 5.27. The van der Waals surface area contributed by atoms with Crippen LogP contribution >= 0.6 is 0 Å². The van der Waals surface area contributed by atoms with Crippen molar-refractivity contribution < 1.29 is 8.42 Å². The van der Waals surface area contributed by atoms with E-state index in [1.54, 1.807) is 16.4 Å². The van der Waals surface area contributed by atoms with Crippen molar-refractivity contribution in [2.24, 2.45) is 0 Å². The molecule has 118 valence electrons. The van der Waals surface area contributed by atoms with Gasteiger partial charge in [0.2, 0.25) is 10.0 Å². The van der Waals surface area contributed by atoms with Gasteiger partial charge in [-0.1, -0.05) is 25.5 Å². The summed E-state index contributed by atoms with van der Waals surface area (Å²) >= 11 is 0. The zero-order valence-electron chi connectivity index (χ0n) is 13.2. The van der Waals surface area contributed by atoms with Crippen LogP contribution in [0.5, 0.6) is 0 Å². The summed E-state index contributed by atoms with van der Waals surface area (Å²) in [5.74, 6) is 0. The average molecular weight is 310 g/mol. The van der Waals surface area contributed by atoms with E-state index in [0.29, 0.717) is 10.6 Å². The first-order chi connectivity index (χ1) is 9.98. The van der Waals surface area contributed by atoms with Gasteiger partial charge in [-0.05, 0) is 45.2 Å². The van der Waals surface area contributed by atoms with E-state index < -0.39 is 10.0 Å². The predicted octanol–water partition coefficient (Wildman–Crippen LogP) is 3.46. The van der Waals surface area contributed by atoms with E-state index in [-0.39, 0.29) is 12.1 Å². The second-order valence-electron chi connectivity index (χ2n) is 5.89. The smallest absolute Gasteiger partial charge is 0.245 e. The number of anilines is 1. The van der Waals surface area contributed by atoms with Crippen LogP contribution in [-0.2, 0) is 10.0 Å². The van der Waals surface area contributed by atoms with Crippen molar-refractivity contribution in [1.29, 1.82) is 0 Å². The molecule has 1 aliphatic rings. The summed E-state index contributed by atoms with van der Waals surface area (Å²) in [5.41, 5.74) is 0.712. The van der Waals surface area contributed by atoms with E-state index in [9.17, 15) is 8.42 Å². The summed E-state index contributed by atoms with van der Waals surface area (Å²) in [6.45, 7) is 6.86. The van der Waals surface area contributed by atoms with Gasteiger partial charge < -0.3 is 5.32 Å². The van der Waals surface area contributed by atoms with Crippen molar-refractivity contribution in [2.45, 2.75) is 63.4 Å². The Labute approximate surface area is 128 Å². The van der Waals surface area contributed by atoms with Crippen molar-refractivity contribution in [1.82, 2.24) is 4.31 Å². The topological polar surface area (TPSA) is 49.4 Å². The van der Waals surface area contributed by atoms with Gasteiger partial charge in [0.15, 0.2) is 0 Å². The average Bonchev–Trinajstić information content (AvgIpc) is 2.45. The summed E-state index contributed by atoms with van der Waals surface area (Å²) < 4.78 is 27.9. The van der Waals surface area contributed by atoms with Crippen molar-refractivity contribution in [3.63, 3.8) is 0 Å². The number of nitrogens with zero attached hydrogens (tertiary/aromatic N) is 1. The second-order valence-corrected chi connectivity index (χ2v) is 7.70. The standard InChI is InChI=1S/C16H26N2O2S/c1-4-12-17-15-10-5-6-11-16(15)21(19,20)18-13(2)8-7-9-14(18)3/h5-6,10-11,13-14,17H,4,7-9,12H2,1-3H3. The first-order valence-electron chi connectivity index (χ1n) is 7.85. The SMILES string of the molecule is CCCNc1ccccc1S(=O)(=O)N1C(C)CCCC1C. The Morgan fingerprint density at radius 1 is 1.19 bits per heavy atom. The fourth-order valence-electron chi connectivity index (χ4n) is 3.08. The van der Waals surface area contributed by atoms with Crippen LogP contribution in [-0.4, -0.2) is 31.4 Å². The van der Waals surface area contributed by atoms with Crippen LogP contribution in [0.4, 0.5) is 5.69 Å². The molecule has 4 nitrogen and oxygen atoms in total. The van der Waals surface area contributed by atoms with E-state index in [0.717, 1.165) is 32.2 Å². The maximum absolute atomic E-state index is 13.1. The monoisotopic (exact) mass is 310 g/mol. The minimum Gasteiger partial charge on any atom is -0.384 e. The predicted molar refractivity (Wildman–Crippen MR) is 87.0 cm³/mol. The number of hydrogen-bond acceptors (Lipinski definition) is 3. The van der Waals surface area contributed by atoms with Crippen LogP contribution in [0.2, 0.25) is 0 Å². The molecule has 1 saturated heterocycles. The Morgan fingerprint density at radius 2 is 1.81 bits per heavy atom. The van der Waals surface area contributed by atoms with E-state index in [2.05, 4.69) is 12.2 Å². The molecule has 0 aliphatic carbocycles. The van der Waals surface area contributed by atoms with Gasteiger partial charge in [-0.2, -0.15) is 4.31 Å². The van der Waals surface area contributed by atoms with E-state index in [1.165, 1.54) is 0 Å². The lowest BCUT2D eigenvalue weighted by atomic mass is 10.0. The molecule has 0 aromatic heterocycles. The first kappa shape index (κ1) is 16.3.